The van der Waals surface area contributed by atoms with Gasteiger partial charge < -0.3 is 9.72 Å². The van der Waals surface area contributed by atoms with Gasteiger partial charge >= 0.3 is 0 Å². The van der Waals surface area contributed by atoms with Crippen LogP contribution in [0, 0.1) is 11.6 Å². The van der Waals surface area contributed by atoms with E-state index in [1.807, 2.05) is 25.1 Å². The predicted molar refractivity (Wildman–Crippen MR) is 143 cm³/mol. The number of methoxy groups -OCH3 is 1. The Kier molecular flexibility index (Phi) is 7.74. The summed E-state index contributed by atoms with van der Waals surface area (Å²) in [7, 11) is 1.60. The van der Waals surface area contributed by atoms with Crippen molar-refractivity contribution in [2.45, 2.75) is 39.0 Å². The van der Waals surface area contributed by atoms with E-state index in [4.69, 9.17) is 4.74 Å². The lowest BCUT2D eigenvalue weighted by Crippen LogP contribution is -2.32. The number of aromatic nitrogens is 5. The first kappa shape index (κ1) is 26.2. The average molecular weight is 531 g/mol. The summed E-state index contributed by atoms with van der Waals surface area (Å²) in [5.74, 6) is 0.671. The van der Waals surface area contributed by atoms with Crippen LogP contribution >= 0.6 is 0 Å². The molecule has 0 amide bonds. The zero-order chi connectivity index (χ0) is 27.4. The number of halogens is 2. The van der Waals surface area contributed by atoms with Crippen LogP contribution in [-0.2, 0) is 19.6 Å². The van der Waals surface area contributed by atoms with Crippen molar-refractivity contribution >= 4 is 10.9 Å². The molecule has 5 aromatic rings. The third-order valence-electron chi connectivity index (χ3n) is 6.73. The van der Waals surface area contributed by atoms with Crippen molar-refractivity contribution in [2.24, 2.45) is 0 Å². The molecule has 0 spiro atoms. The van der Waals surface area contributed by atoms with Gasteiger partial charge in [0.25, 0.3) is 5.56 Å². The highest BCUT2D eigenvalue weighted by Gasteiger charge is 2.26. The number of rotatable bonds is 10. The summed E-state index contributed by atoms with van der Waals surface area (Å²) in [5, 5.41) is 13.3. The number of hydrogen-bond donors (Lipinski definition) is 1. The molecule has 0 fully saturated rings. The first-order valence-electron chi connectivity index (χ1n) is 12.6. The molecule has 0 bridgehead atoms. The van der Waals surface area contributed by atoms with Crippen molar-refractivity contribution in [3.8, 4) is 5.75 Å². The SMILES string of the molecule is CC[C@@H](c1nnnn1Cc1ccc(F)cc1)N(Cc1ccc(F)cc1)Cc1cc2cc(OC)ccc2[nH]c1=O. The molecule has 0 saturated carbocycles. The van der Waals surface area contributed by atoms with E-state index >= 15 is 0 Å². The minimum Gasteiger partial charge on any atom is -0.497 e. The van der Waals surface area contributed by atoms with E-state index in [1.54, 1.807) is 42.1 Å². The summed E-state index contributed by atoms with van der Waals surface area (Å²) in [6, 6.07) is 19.6. The normalized spacial score (nSPS) is 12.2. The van der Waals surface area contributed by atoms with Gasteiger partial charge in [0.15, 0.2) is 5.82 Å². The van der Waals surface area contributed by atoms with Crippen LogP contribution in [0.25, 0.3) is 10.9 Å². The van der Waals surface area contributed by atoms with Crippen LogP contribution in [0.15, 0.2) is 77.6 Å². The molecule has 39 heavy (non-hydrogen) atoms. The van der Waals surface area contributed by atoms with E-state index in [0.29, 0.717) is 48.7 Å². The molecule has 0 unspecified atom stereocenters. The molecule has 3 aromatic carbocycles. The summed E-state index contributed by atoms with van der Waals surface area (Å²) in [6.07, 6.45) is 0.643. The fourth-order valence-corrected chi connectivity index (χ4v) is 4.72. The third-order valence-corrected chi connectivity index (χ3v) is 6.73. The molecule has 0 radical (unpaired) electrons. The van der Waals surface area contributed by atoms with E-state index in [9.17, 15) is 13.6 Å². The molecule has 0 aliphatic heterocycles. The molecule has 2 heterocycles. The number of nitrogens with zero attached hydrogens (tertiary/aromatic N) is 5. The van der Waals surface area contributed by atoms with E-state index in [0.717, 1.165) is 16.5 Å². The maximum absolute atomic E-state index is 13.6. The molecule has 1 N–H and O–H groups in total. The zero-order valence-electron chi connectivity index (χ0n) is 21.6. The van der Waals surface area contributed by atoms with Gasteiger partial charge in [-0.1, -0.05) is 31.2 Å². The minimum atomic E-state index is -0.319. The summed E-state index contributed by atoms with van der Waals surface area (Å²) in [4.78, 5) is 18.2. The zero-order valence-corrected chi connectivity index (χ0v) is 21.6. The van der Waals surface area contributed by atoms with Gasteiger partial charge in [0.1, 0.15) is 17.4 Å². The molecule has 10 heteroatoms. The van der Waals surface area contributed by atoms with E-state index in [2.05, 4.69) is 25.4 Å². The van der Waals surface area contributed by atoms with Crippen molar-refractivity contribution < 1.29 is 13.5 Å². The van der Waals surface area contributed by atoms with Crippen LogP contribution in [0.2, 0.25) is 0 Å². The van der Waals surface area contributed by atoms with Crippen LogP contribution in [0.3, 0.4) is 0 Å². The van der Waals surface area contributed by atoms with E-state index < -0.39 is 0 Å². The number of pyridine rings is 1. The molecular formula is C29H28F2N6O2. The standard InChI is InChI=1S/C29H28F2N6O2/c1-3-27(28-33-34-35-37(28)17-20-6-10-24(31)11-7-20)36(16-19-4-8-23(30)9-5-19)18-22-14-21-15-25(39-2)12-13-26(21)32-29(22)38/h4-15,27H,3,16-18H2,1-2H3,(H,32,38)/t27-/m0/s1. The third kappa shape index (κ3) is 6.01. The lowest BCUT2D eigenvalue weighted by Gasteiger charge is -2.30. The highest BCUT2D eigenvalue weighted by atomic mass is 19.1. The Morgan fingerprint density at radius 2 is 1.64 bits per heavy atom. The number of nitrogens with one attached hydrogen (secondary N) is 1. The first-order valence-corrected chi connectivity index (χ1v) is 12.6. The van der Waals surface area contributed by atoms with Gasteiger partial charge in [-0.3, -0.25) is 9.69 Å². The highest BCUT2D eigenvalue weighted by Crippen LogP contribution is 2.27. The number of aromatic amines is 1. The van der Waals surface area contributed by atoms with Crippen LogP contribution < -0.4 is 10.3 Å². The maximum atomic E-state index is 13.6. The molecule has 0 aliphatic rings. The topological polar surface area (TPSA) is 88.9 Å². The number of fused-ring (bicyclic) bond motifs is 1. The molecule has 200 valence electrons. The number of hydrogen-bond acceptors (Lipinski definition) is 6. The summed E-state index contributed by atoms with van der Waals surface area (Å²) >= 11 is 0. The molecule has 1 atom stereocenters. The van der Waals surface area contributed by atoms with Crippen LogP contribution in [0.1, 0.15) is 41.9 Å². The molecular weight excluding hydrogens is 502 g/mol. The predicted octanol–water partition coefficient (Wildman–Crippen LogP) is 5.00. The Bertz CT molecular complexity index is 1620. The van der Waals surface area contributed by atoms with Gasteiger partial charge in [0.2, 0.25) is 0 Å². The second kappa shape index (κ2) is 11.5. The molecule has 8 nitrogen and oxygen atoms in total. The molecule has 5 rings (SSSR count). The molecule has 0 aliphatic carbocycles. The Morgan fingerprint density at radius 3 is 2.31 bits per heavy atom. The quantitative estimate of drug-likeness (QED) is 0.273. The molecule has 0 saturated heterocycles. The van der Waals surface area contributed by atoms with Gasteiger partial charge in [0, 0.05) is 29.6 Å². The summed E-state index contributed by atoms with van der Waals surface area (Å²) in [6.45, 7) is 3.11. The van der Waals surface area contributed by atoms with E-state index in [1.165, 1.54) is 24.3 Å². The Labute approximate surface area is 223 Å². The first-order chi connectivity index (χ1) is 18.9. The summed E-state index contributed by atoms with van der Waals surface area (Å²) in [5.41, 5.74) is 2.81. The summed E-state index contributed by atoms with van der Waals surface area (Å²) < 4.78 is 34.1. The average Bonchev–Trinajstić information content (AvgIpc) is 3.39. The van der Waals surface area contributed by atoms with Gasteiger partial charge in [-0.15, -0.1) is 5.10 Å². The van der Waals surface area contributed by atoms with Crippen molar-refractivity contribution in [2.75, 3.05) is 7.11 Å². The van der Waals surface area contributed by atoms with Crippen LogP contribution in [0.5, 0.6) is 5.75 Å². The Hall–Kier alpha value is -4.44. The van der Waals surface area contributed by atoms with Crippen LogP contribution in [0.4, 0.5) is 8.78 Å². The highest BCUT2D eigenvalue weighted by molar-refractivity contribution is 5.80. The minimum absolute atomic E-state index is 0.197. The lowest BCUT2D eigenvalue weighted by atomic mass is 10.1. The number of benzene rings is 3. The fraction of sp³-hybridized carbons (Fsp3) is 0.241. The van der Waals surface area contributed by atoms with Crippen molar-refractivity contribution in [1.29, 1.82) is 0 Å². The Balaban J connectivity index is 1.52. The molecule has 2 aromatic heterocycles. The second-order valence-electron chi connectivity index (χ2n) is 9.35. The van der Waals surface area contributed by atoms with Gasteiger partial charge in [-0.2, -0.15) is 0 Å². The Morgan fingerprint density at radius 1 is 0.949 bits per heavy atom. The second-order valence-corrected chi connectivity index (χ2v) is 9.35. The van der Waals surface area contributed by atoms with Crippen LogP contribution in [-0.4, -0.2) is 37.2 Å². The smallest absolute Gasteiger partial charge is 0.252 e. The largest absolute Gasteiger partial charge is 0.497 e. The number of H-pyrrole nitrogens is 1. The lowest BCUT2D eigenvalue weighted by molar-refractivity contribution is 0.161. The monoisotopic (exact) mass is 530 g/mol. The van der Waals surface area contributed by atoms with Gasteiger partial charge in [0.05, 0.1) is 19.7 Å². The number of tetrazole rings is 1. The van der Waals surface area contributed by atoms with Crippen molar-refractivity contribution in [3.63, 3.8) is 0 Å². The van der Waals surface area contributed by atoms with E-state index in [-0.39, 0.29) is 23.2 Å². The van der Waals surface area contributed by atoms with Gasteiger partial charge in [-0.25, -0.2) is 13.5 Å². The maximum Gasteiger partial charge on any atom is 0.252 e. The van der Waals surface area contributed by atoms with Crippen molar-refractivity contribution in [3.05, 3.63) is 117 Å². The van der Waals surface area contributed by atoms with Gasteiger partial charge in [-0.05, 0) is 76.5 Å². The van der Waals surface area contributed by atoms with Crippen molar-refractivity contribution in [1.82, 2.24) is 30.1 Å². The number of ether oxygens (including phenoxy) is 1. The fourth-order valence-electron chi connectivity index (χ4n) is 4.72.